The number of hydrogen-bond acceptors (Lipinski definition) is 4. The van der Waals surface area contributed by atoms with E-state index in [2.05, 4.69) is 0 Å². The van der Waals surface area contributed by atoms with Crippen LogP contribution in [0.25, 0.3) is 0 Å². The van der Waals surface area contributed by atoms with Crippen molar-refractivity contribution in [2.24, 2.45) is 5.92 Å². The number of ether oxygens (including phenoxy) is 3. The van der Waals surface area contributed by atoms with E-state index in [4.69, 9.17) is 14.2 Å². The van der Waals surface area contributed by atoms with Gasteiger partial charge in [0.1, 0.15) is 6.10 Å². The number of fused-ring (bicyclic) bond motifs is 3. The van der Waals surface area contributed by atoms with E-state index in [1.54, 1.807) is 6.08 Å². The maximum absolute atomic E-state index is 11.3. The van der Waals surface area contributed by atoms with Gasteiger partial charge in [0, 0.05) is 12.3 Å². The minimum Gasteiger partial charge on any atom is -0.342 e. The molecule has 0 aromatic carbocycles. The summed E-state index contributed by atoms with van der Waals surface area (Å²) in [6.45, 7) is 3.73. The van der Waals surface area contributed by atoms with E-state index in [1.165, 1.54) is 0 Å². The summed E-state index contributed by atoms with van der Waals surface area (Å²) >= 11 is 0. The average molecular weight is 210 g/mol. The Morgan fingerprint density at radius 3 is 3.00 bits per heavy atom. The van der Waals surface area contributed by atoms with Gasteiger partial charge in [-0.25, -0.2) is 0 Å². The third-order valence-electron chi connectivity index (χ3n) is 3.13. The lowest BCUT2D eigenvalue weighted by molar-refractivity contribution is -0.205. The molecule has 0 aromatic heterocycles. The molecule has 2 saturated heterocycles. The molecule has 82 valence electrons. The molecule has 4 nitrogen and oxygen atoms in total. The van der Waals surface area contributed by atoms with Crippen molar-refractivity contribution in [1.82, 2.24) is 0 Å². The highest BCUT2D eigenvalue weighted by Gasteiger charge is 2.54. The molecule has 0 amide bonds. The molecule has 2 fully saturated rings. The summed E-state index contributed by atoms with van der Waals surface area (Å²) < 4.78 is 17.1. The van der Waals surface area contributed by atoms with E-state index in [9.17, 15) is 4.79 Å². The smallest absolute Gasteiger partial charge is 0.188 e. The second kappa shape index (κ2) is 2.90. The maximum Gasteiger partial charge on any atom is 0.188 e. The number of hydrogen-bond donors (Lipinski definition) is 0. The quantitative estimate of drug-likeness (QED) is 0.598. The van der Waals surface area contributed by atoms with Gasteiger partial charge in [-0.15, -0.1) is 0 Å². The SMILES string of the molecule is CC1(C)O[C@H]2O[C@@H]3C=CC(=O)C[C@H]3[C@H]2O1. The van der Waals surface area contributed by atoms with Crippen molar-refractivity contribution in [3.05, 3.63) is 12.2 Å². The predicted molar refractivity (Wildman–Crippen MR) is 51.0 cm³/mol. The van der Waals surface area contributed by atoms with Crippen molar-refractivity contribution in [2.75, 3.05) is 0 Å². The van der Waals surface area contributed by atoms with E-state index in [0.717, 1.165) is 0 Å². The van der Waals surface area contributed by atoms with Crippen LogP contribution in [0.4, 0.5) is 0 Å². The van der Waals surface area contributed by atoms with Crippen molar-refractivity contribution in [3.63, 3.8) is 0 Å². The van der Waals surface area contributed by atoms with Crippen LogP contribution >= 0.6 is 0 Å². The van der Waals surface area contributed by atoms with Crippen LogP contribution < -0.4 is 0 Å². The van der Waals surface area contributed by atoms with Gasteiger partial charge in [-0.1, -0.05) is 6.08 Å². The molecular formula is C11H14O4. The molecule has 0 bridgehead atoms. The second-order valence-corrected chi connectivity index (χ2v) is 4.76. The third kappa shape index (κ3) is 1.44. The molecule has 4 heteroatoms. The lowest BCUT2D eigenvalue weighted by atomic mass is 9.88. The third-order valence-corrected chi connectivity index (χ3v) is 3.13. The van der Waals surface area contributed by atoms with Crippen LogP contribution in [0.1, 0.15) is 20.3 Å². The number of carbonyl (C=O) groups excluding carboxylic acids is 1. The Morgan fingerprint density at radius 1 is 1.40 bits per heavy atom. The van der Waals surface area contributed by atoms with Gasteiger partial charge >= 0.3 is 0 Å². The van der Waals surface area contributed by atoms with Gasteiger partial charge in [-0.05, 0) is 19.9 Å². The van der Waals surface area contributed by atoms with Crippen LogP contribution in [0.3, 0.4) is 0 Å². The fourth-order valence-electron chi connectivity index (χ4n) is 2.52. The molecule has 2 heterocycles. The molecule has 0 radical (unpaired) electrons. The zero-order valence-electron chi connectivity index (χ0n) is 8.80. The molecule has 0 saturated carbocycles. The Kier molecular flexibility index (Phi) is 1.84. The standard InChI is InChI=1S/C11H14O4/c1-11(2)14-9-7-5-6(12)3-4-8(7)13-10(9)15-11/h3-4,7-10H,5H2,1-2H3/t7-,8-,9-,10-/m1/s1. The van der Waals surface area contributed by atoms with Gasteiger partial charge in [-0.2, -0.15) is 0 Å². The van der Waals surface area contributed by atoms with E-state index < -0.39 is 5.79 Å². The lowest BCUT2D eigenvalue weighted by Crippen LogP contribution is -2.32. The minimum absolute atomic E-state index is 0.0196. The zero-order chi connectivity index (χ0) is 10.6. The number of allylic oxidation sites excluding steroid dienone is 1. The molecule has 2 aliphatic heterocycles. The van der Waals surface area contributed by atoms with Crippen LogP contribution in [-0.4, -0.2) is 30.1 Å². The summed E-state index contributed by atoms with van der Waals surface area (Å²) in [6, 6.07) is 0. The first-order valence-corrected chi connectivity index (χ1v) is 5.27. The predicted octanol–water partition coefficient (Wildman–Crippen LogP) is 1.01. The summed E-state index contributed by atoms with van der Waals surface area (Å²) in [4.78, 5) is 11.3. The number of ketones is 1. The summed E-state index contributed by atoms with van der Waals surface area (Å²) in [5, 5.41) is 0. The van der Waals surface area contributed by atoms with Crippen LogP contribution in [0.2, 0.25) is 0 Å². The molecule has 3 rings (SSSR count). The minimum atomic E-state index is -0.593. The van der Waals surface area contributed by atoms with Crippen LogP contribution in [-0.2, 0) is 19.0 Å². The van der Waals surface area contributed by atoms with Crippen LogP contribution in [0, 0.1) is 5.92 Å². The molecule has 4 atom stereocenters. The molecule has 3 aliphatic rings. The first kappa shape index (κ1) is 9.51. The fraction of sp³-hybridized carbons (Fsp3) is 0.727. The highest BCUT2D eigenvalue weighted by Crippen LogP contribution is 2.43. The van der Waals surface area contributed by atoms with Gasteiger partial charge in [0.05, 0.1) is 6.10 Å². The topological polar surface area (TPSA) is 44.8 Å². The fourth-order valence-corrected chi connectivity index (χ4v) is 2.52. The summed E-state index contributed by atoms with van der Waals surface area (Å²) in [5.74, 6) is -0.326. The molecule has 1 aliphatic carbocycles. The van der Waals surface area contributed by atoms with E-state index >= 15 is 0 Å². The van der Waals surface area contributed by atoms with E-state index in [0.29, 0.717) is 6.42 Å². The Balaban J connectivity index is 1.84. The monoisotopic (exact) mass is 210 g/mol. The normalized spacial score (nSPS) is 46.7. The van der Waals surface area contributed by atoms with Crippen LogP contribution in [0.5, 0.6) is 0 Å². The Hall–Kier alpha value is -0.710. The number of rotatable bonds is 0. The van der Waals surface area contributed by atoms with Crippen molar-refractivity contribution in [2.45, 2.75) is 44.6 Å². The molecule has 0 N–H and O–H groups in total. The Morgan fingerprint density at radius 2 is 2.20 bits per heavy atom. The molecule has 15 heavy (non-hydrogen) atoms. The van der Waals surface area contributed by atoms with Gasteiger partial charge < -0.3 is 14.2 Å². The average Bonchev–Trinajstić information content (AvgIpc) is 2.58. The number of carbonyl (C=O) groups is 1. The Labute approximate surface area is 88.2 Å². The molecule has 0 aromatic rings. The molecular weight excluding hydrogens is 196 g/mol. The first-order chi connectivity index (χ1) is 7.05. The van der Waals surface area contributed by atoms with Gasteiger partial charge in [0.15, 0.2) is 17.9 Å². The molecule has 0 unspecified atom stereocenters. The highest BCUT2D eigenvalue weighted by atomic mass is 16.8. The van der Waals surface area contributed by atoms with Gasteiger partial charge in [0.25, 0.3) is 0 Å². The van der Waals surface area contributed by atoms with E-state index in [1.807, 2.05) is 19.9 Å². The summed E-state index contributed by atoms with van der Waals surface area (Å²) in [7, 11) is 0. The summed E-state index contributed by atoms with van der Waals surface area (Å²) in [6.07, 6.45) is 3.47. The van der Waals surface area contributed by atoms with Crippen molar-refractivity contribution in [1.29, 1.82) is 0 Å². The first-order valence-electron chi connectivity index (χ1n) is 5.27. The van der Waals surface area contributed by atoms with Crippen molar-refractivity contribution >= 4 is 5.78 Å². The Bertz CT molecular complexity index is 333. The highest BCUT2D eigenvalue weighted by molar-refractivity contribution is 5.91. The summed E-state index contributed by atoms with van der Waals surface area (Å²) in [5.41, 5.74) is 0. The maximum atomic E-state index is 11.3. The van der Waals surface area contributed by atoms with Crippen LogP contribution in [0.15, 0.2) is 12.2 Å². The van der Waals surface area contributed by atoms with Gasteiger partial charge in [0.2, 0.25) is 0 Å². The lowest BCUT2D eigenvalue weighted by Gasteiger charge is -2.25. The molecule has 0 spiro atoms. The van der Waals surface area contributed by atoms with E-state index in [-0.39, 0.29) is 30.2 Å². The van der Waals surface area contributed by atoms with Gasteiger partial charge in [-0.3, -0.25) is 4.79 Å². The largest absolute Gasteiger partial charge is 0.342 e. The second-order valence-electron chi connectivity index (χ2n) is 4.76. The van der Waals surface area contributed by atoms with Crippen molar-refractivity contribution < 1.29 is 19.0 Å². The zero-order valence-corrected chi connectivity index (χ0v) is 8.80. The van der Waals surface area contributed by atoms with Crippen molar-refractivity contribution in [3.8, 4) is 0 Å².